The number of pyridine rings is 1. The van der Waals surface area contributed by atoms with Crippen LogP contribution in [-0.2, 0) is 16.1 Å². The van der Waals surface area contributed by atoms with Crippen molar-refractivity contribution in [3.05, 3.63) is 44.7 Å². The van der Waals surface area contributed by atoms with Crippen molar-refractivity contribution < 1.29 is 14.3 Å². The van der Waals surface area contributed by atoms with Crippen LogP contribution in [0.3, 0.4) is 0 Å². The van der Waals surface area contributed by atoms with Crippen molar-refractivity contribution in [3.8, 4) is 0 Å². The van der Waals surface area contributed by atoms with Gasteiger partial charge in [0.05, 0.1) is 10.5 Å². The molecule has 2 aromatic rings. The number of halogens is 1. The Morgan fingerprint density at radius 2 is 1.95 bits per heavy atom. The van der Waals surface area contributed by atoms with Crippen LogP contribution < -0.4 is 5.56 Å². The Balaban J connectivity index is 2.88. The van der Waals surface area contributed by atoms with Gasteiger partial charge < -0.3 is 4.74 Å². The topological polar surface area (TPSA) is 65.4 Å². The monoisotopic (exact) mass is 307 g/mol. The summed E-state index contributed by atoms with van der Waals surface area (Å²) in [4.78, 5) is 35.2. The Kier molecular flexibility index (Phi) is 4.14. The fraction of sp³-hybridized carbons (Fsp3) is 0.267. The molecule has 0 unspecified atom stereocenters. The Bertz CT molecular complexity index is 807. The van der Waals surface area contributed by atoms with Gasteiger partial charge in [0.15, 0.2) is 0 Å². The van der Waals surface area contributed by atoms with Gasteiger partial charge in [-0.1, -0.05) is 23.7 Å². The van der Waals surface area contributed by atoms with Crippen molar-refractivity contribution in [2.45, 2.75) is 27.4 Å². The lowest BCUT2D eigenvalue weighted by atomic mass is 10.0. The summed E-state index contributed by atoms with van der Waals surface area (Å²) in [6, 6.07) is 5.07. The number of ether oxygens (including phenoxy) is 1. The van der Waals surface area contributed by atoms with Crippen LogP contribution in [0.15, 0.2) is 23.0 Å². The van der Waals surface area contributed by atoms with Crippen molar-refractivity contribution in [1.29, 1.82) is 0 Å². The third kappa shape index (κ3) is 2.69. The lowest BCUT2D eigenvalue weighted by Crippen LogP contribution is -2.28. The standard InChI is InChI=1S/C15H14ClNO4/c1-8-12(7-21-10(3)19)11-5-4-6-13(16)14(11)17(9(2)18)15(8)20/h4-6H,7H2,1-3H3. The number of hydrogen-bond donors (Lipinski definition) is 0. The van der Waals surface area contributed by atoms with Crippen LogP contribution in [0.25, 0.3) is 10.9 Å². The number of aromatic nitrogens is 1. The molecule has 0 bridgehead atoms. The number of carbonyl (C=O) groups is 2. The highest BCUT2D eigenvalue weighted by Crippen LogP contribution is 2.27. The van der Waals surface area contributed by atoms with Gasteiger partial charge in [-0.05, 0) is 13.0 Å². The van der Waals surface area contributed by atoms with Gasteiger partial charge in [0.2, 0.25) is 5.91 Å². The second-order valence-corrected chi connectivity index (χ2v) is 5.09. The smallest absolute Gasteiger partial charge is 0.302 e. The molecule has 1 aromatic carbocycles. The van der Waals surface area contributed by atoms with Crippen LogP contribution in [0.2, 0.25) is 5.02 Å². The normalized spacial score (nSPS) is 10.7. The minimum Gasteiger partial charge on any atom is -0.461 e. The van der Waals surface area contributed by atoms with E-state index in [1.165, 1.54) is 13.8 Å². The Morgan fingerprint density at radius 1 is 1.29 bits per heavy atom. The lowest BCUT2D eigenvalue weighted by Gasteiger charge is -2.15. The van der Waals surface area contributed by atoms with Crippen molar-refractivity contribution in [1.82, 2.24) is 4.57 Å². The minimum atomic E-state index is -0.453. The lowest BCUT2D eigenvalue weighted by molar-refractivity contribution is -0.142. The number of rotatable bonds is 2. The largest absolute Gasteiger partial charge is 0.461 e. The second-order valence-electron chi connectivity index (χ2n) is 4.68. The minimum absolute atomic E-state index is 0.0357. The van der Waals surface area contributed by atoms with Crippen LogP contribution >= 0.6 is 11.6 Å². The van der Waals surface area contributed by atoms with Gasteiger partial charge in [0.25, 0.3) is 5.56 Å². The molecular weight excluding hydrogens is 294 g/mol. The first-order chi connectivity index (χ1) is 9.84. The summed E-state index contributed by atoms with van der Waals surface area (Å²) in [7, 11) is 0. The van der Waals surface area contributed by atoms with Crippen LogP contribution in [-0.4, -0.2) is 16.4 Å². The first-order valence-corrected chi connectivity index (χ1v) is 6.69. The van der Waals surface area contributed by atoms with Crippen molar-refractivity contribution in [2.75, 3.05) is 0 Å². The zero-order valence-corrected chi connectivity index (χ0v) is 12.7. The molecule has 1 heterocycles. The van der Waals surface area contributed by atoms with E-state index < -0.39 is 17.4 Å². The molecule has 0 amide bonds. The Morgan fingerprint density at radius 3 is 2.52 bits per heavy atom. The molecule has 0 aliphatic carbocycles. The van der Waals surface area contributed by atoms with Gasteiger partial charge in [0.1, 0.15) is 6.61 Å². The summed E-state index contributed by atoms with van der Waals surface area (Å²) in [6.07, 6.45) is 0. The molecular formula is C15H14ClNO4. The fourth-order valence-electron chi connectivity index (χ4n) is 2.25. The second kappa shape index (κ2) is 5.69. The molecule has 0 saturated heterocycles. The van der Waals surface area contributed by atoms with Gasteiger partial charge in [-0.2, -0.15) is 0 Å². The van der Waals surface area contributed by atoms with E-state index in [9.17, 15) is 14.4 Å². The predicted octanol–water partition coefficient (Wildman–Crippen LogP) is 2.69. The van der Waals surface area contributed by atoms with E-state index in [1.807, 2.05) is 0 Å². The SMILES string of the molecule is CC(=O)OCc1c(C)c(=O)n(C(C)=O)c2c(Cl)cccc12. The molecule has 6 heteroatoms. The molecule has 0 atom stereocenters. The molecule has 5 nitrogen and oxygen atoms in total. The van der Waals surface area contributed by atoms with E-state index in [0.29, 0.717) is 27.1 Å². The zero-order valence-electron chi connectivity index (χ0n) is 11.9. The highest BCUT2D eigenvalue weighted by atomic mass is 35.5. The molecule has 0 aliphatic rings. The van der Waals surface area contributed by atoms with Crippen LogP contribution in [0.5, 0.6) is 0 Å². The summed E-state index contributed by atoms with van der Waals surface area (Å²) in [5.41, 5.74) is 0.807. The van der Waals surface area contributed by atoms with Crippen LogP contribution in [0.4, 0.5) is 0 Å². The Labute approximate surface area is 126 Å². The third-order valence-electron chi connectivity index (χ3n) is 3.25. The summed E-state index contributed by atoms with van der Waals surface area (Å²) < 4.78 is 6.04. The predicted molar refractivity (Wildman–Crippen MR) is 79.7 cm³/mol. The number of hydrogen-bond acceptors (Lipinski definition) is 4. The maximum atomic E-state index is 12.4. The summed E-state index contributed by atoms with van der Waals surface area (Å²) in [5.74, 6) is -0.861. The summed E-state index contributed by atoms with van der Waals surface area (Å²) in [6.45, 7) is 4.16. The average Bonchev–Trinajstić information content (AvgIpc) is 2.39. The first-order valence-electron chi connectivity index (χ1n) is 6.31. The van der Waals surface area contributed by atoms with E-state index in [4.69, 9.17) is 16.3 Å². The van der Waals surface area contributed by atoms with E-state index in [2.05, 4.69) is 0 Å². The molecule has 0 spiro atoms. The van der Waals surface area contributed by atoms with Crippen molar-refractivity contribution in [3.63, 3.8) is 0 Å². The van der Waals surface area contributed by atoms with Gasteiger partial charge in [-0.3, -0.25) is 14.4 Å². The number of benzene rings is 1. The number of nitrogens with zero attached hydrogens (tertiary/aromatic N) is 1. The van der Waals surface area contributed by atoms with Gasteiger partial charge in [0, 0.05) is 30.4 Å². The molecule has 2 rings (SSSR count). The molecule has 1 aromatic heterocycles. The van der Waals surface area contributed by atoms with E-state index >= 15 is 0 Å². The van der Waals surface area contributed by atoms with Crippen molar-refractivity contribution >= 4 is 34.4 Å². The maximum Gasteiger partial charge on any atom is 0.302 e. The van der Waals surface area contributed by atoms with Gasteiger partial charge in [-0.25, -0.2) is 4.57 Å². The number of fused-ring (bicyclic) bond motifs is 1. The fourth-order valence-corrected chi connectivity index (χ4v) is 2.51. The Hall–Kier alpha value is -2.14. The number of esters is 1. The average molecular weight is 308 g/mol. The highest BCUT2D eigenvalue weighted by molar-refractivity contribution is 6.35. The van der Waals surface area contributed by atoms with Gasteiger partial charge >= 0.3 is 5.97 Å². The molecule has 0 radical (unpaired) electrons. The van der Waals surface area contributed by atoms with Crippen LogP contribution in [0, 0.1) is 6.92 Å². The molecule has 0 saturated carbocycles. The quantitative estimate of drug-likeness (QED) is 0.800. The molecule has 0 aliphatic heterocycles. The van der Waals surface area contributed by atoms with E-state index in [0.717, 1.165) is 4.57 Å². The summed E-state index contributed by atoms with van der Waals surface area (Å²) >= 11 is 6.15. The van der Waals surface area contributed by atoms with Crippen LogP contribution in [0.1, 0.15) is 29.8 Å². The number of carbonyl (C=O) groups excluding carboxylic acids is 2. The first kappa shape index (κ1) is 15.3. The maximum absolute atomic E-state index is 12.4. The molecule has 21 heavy (non-hydrogen) atoms. The zero-order chi connectivity index (χ0) is 15.7. The third-order valence-corrected chi connectivity index (χ3v) is 3.55. The number of para-hydroxylation sites is 1. The molecule has 0 fully saturated rings. The van der Waals surface area contributed by atoms with E-state index in [1.54, 1.807) is 25.1 Å². The summed E-state index contributed by atoms with van der Waals surface area (Å²) in [5, 5.41) is 0.917. The highest BCUT2D eigenvalue weighted by Gasteiger charge is 2.18. The molecule has 0 N–H and O–H groups in total. The molecule has 110 valence electrons. The van der Waals surface area contributed by atoms with Gasteiger partial charge in [-0.15, -0.1) is 0 Å². The van der Waals surface area contributed by atoms with E-state index in [-0.39, 0.29) is 6.61 Å². The van der Waals surface area contributed by atoms with Crippen molar-refractivity contribution in [2.24, 2.45) is 0 Å².